The molecule has 1 N–H and O–H groups in total. The standard InChI is InChI=1S/C30H30N4O2/c35-26(32-27-19-12-17-11-18(14-19)15-20(27)13-17)16-34-25-8-4-2-5-21(25)22-9-10-33-29(28(22)34)31-24-7-3-1-6-23(24)30(33)36/h1-8,17-20,27H,9-16H2,(H,32,35). The van der Waals surface area contributed by atoms with E-state index in [1.165, 1.54) is 37.7 Å². The first-order valence-electron chi connectivity index (χ1n) is 13.5. The number of nitrogens with one attached hydrogen (secondary N) is 1. The summed E-state index contributed by atoms with van der Waals surface area (Å²) in [6.45, 7) is 0.855. The zero-order valence-corrected chi connectivity index (χ0v) is 20.3. The van der Waals surface area contributed by atoms with E-state index in [4.69, 9.17) is 4.98 Å². The molecular formula is C30H30N4O2. The maximum absolute atomic E-state index is 13.6. The van der Waals surface area contributed by atoms with Crippen molar-refractivity contribution in [2.24, 2.45) is 23.7 Å². The lowest BCUT2D eigenvalue weighted by Gasteiger charge is -2.54. The highest BCUT2D eigenvalue weighted by Crippen LogP contribution is 2.53. The Morgan fingerprint density at radius 3 is 2.39 bits per heavy atom. The average molecular weight is 479 g/mol. The van der Waals surface area contributed by atoms with E-state index in [9.17, 15) is 9.59 Å². The van der Waals surface area contributed by atoms with E-state index >= 15 is 0 Å². The first-order valence-corrected chi connectivity index (χ1v) is 13.5. The minimum atomic E-state index is -0.00361. The normalized spacial score (nSPS) is 27.8. The molecule has 6 heteroatoms. The molecule has 9 rings (SSSR count). The second-order valence-electron chi connectivity index (χ2n) is 11.6. The van der Waals surface area contributed by atoms with Crippen LogP contribution in [0.25, 0.3) is 33.3 Å². The van der Waals surface area contributed by atoms with E-state index in [2.05, 4.69) is 28.1 Å². The SMILES string of the molecule is O=C(Cn1c2c(c3ccccc31)CCn1c-2nc2ccccc2c1=O)NC1C2CC3CC(C2)CC1C3. The number of amides is 1. The van der Waals surface area contributed by atoms with Crippen LogP contribution in [0.4, 0.5) is 0 Å². The molecule has 1 aliphatic heterocycles. The Labute approximate surface area is 209 Å². The molecule has 0 saturated heterocycles. The molecule has 0 unspecified atom stereocenters. The van der Waals surface area contributed by atoms with E-state index in [1.807, 2.05) is 30.3 Å². The first kappa shape index (κ1) is 20.7. The van der Waals surface area contributed by atoms with Crippen molar-refractivity contribution in [1.82, 2.24) is 19.4 Å². The number of benzene rings is 2. The molecule has 182 valence electrons. The maximum atomic E-state index is 13.6. The number of rotatable bonds is 3. The lowest BCUT2D eigenvalue weighted by atomic mass is 9.54. The summed E-state index contributed by atoms with van der Waals surface area (Å²) in [5.74, 6) is 3.82. The molecule has 4 aromatic rings. The first-order chi connectivity index (χ1) is 17.6. The molecule has 2 aromatic carbocycles. The highest BCUT2D eigenvalue weighted by atomic mass is 16.2. The molecule has 6 nitrogen and oxygen atoms in total. The van der Waals surface area contributed by atoms with Crippen molar-refractivity contribution in [3.8, 4) is 11.5 Å². The molecule has 0 spiro atoms. The van der Waals surface area contributed by atoms with Crippen LogP contribution in [0.5, 0.6) is 0 Å². The summed E-state index contributed by atoms with van der Waals surface area (Å²) in [5, 5.41) is 5.29. The van der Waals surface area contributed by atoms with Crippen LogP contribution < -0.4 is 10.9 Å². The van der Waals surface area contributed by atoms with Gasteiger partial charge in [0.1, 0.15) is 6.54 Å². The Balaban J connectivity index is 1.21. The Hall–Kier alpha value is -3.41. The highest BCUT2D eigenvalue weighted by Gasteiger charge is 2.48. The molecule has 0 radical (unpaired) electrons. The minimum Gasteiger partial charge on any atom is -0.351 e. The topological polar surface area (TPSA) is 68.9 Å². The molecule has 4 saturated carbocycles. The van der Waals surface area contributed by atoms with Gasteiger partial charge in [-0.05, 0) is 86.0 Å². The molecule has 4 fully saturated rings. The number of aromatic nitrogens is 3. The van der Waals surface area contributed by atoms with Gasteiger partial charge in [-0.15, -0.1) is 0 Å². The zero-order valence-electron chi connectivity index (χ0n) is 20.3. The number of carbonyl (C=O) groups is 1. The van der Waals surface area contributed by atoms with Crippen LogP contribution in [0.15, 0.2) is 53.3 Å². The van der Waals surface area contributed by atoms with Gasteiger partial charge < -0.3 is 9.88 Å². The Kier molecular flexibility index (Phi) is 4.35. The smallest absolute Gasteiger partial charge is 0.261 e. The summed E-state index contributed by atoms with van der Waals surface area (Å²) in [6.07, 6.45) is 7.31. The lowest BCUT2D eigenvalue weighted by Crippen LogP contribution is -2.56. The van der Waals surface area contributed by atoms with E-state index in [0.29, 0.717) is 41.1 Å². The van der Waals surface area contributed by atoms with Crippen LogP contribution in [-0.4, -0.2) is 26.1 Å². The average Bonchev–Trinajstić information content (AvgIpc) is 3.20. The lowest BCUT2D eigenvalue weighted by molar-refractivity contribution is -0.125. The Morgan fingerprint density at radius 2 is 1.61 bits per heavy atom. The van der Waals surface area contributed by atoms with Crippen molar-refractivity contribution in [3.63, 3.8) is 0 Å². The van der Waals surface area contributed by atoms with E-state index in [1.54, 1.807) is 4.57 Å². The summed E-state index contributed by atoms with van der Waals surface area (Å²) < 4.78 is 3.91. The van der Waals surface area contributed by atoms with Crippen molar-refractivity contribution in [3.05, 3.63) is 64.4 Å². The maximum Gasteiger partial charge on any atom is 0.261 e. The molecule has 5 aliphatic rings. The van der Waals surface area contributed by atoms with Crippen LogP contribution in [0.3, 0.4) is 0 Å². The largest absolute Gasteiger partial charge is 0.351 e. The third kappa shape index (κ3) is 2.93. The molecule has 4 aliphatic carbocycles. The monoisotopic (exact) mass is 478 g/mol. The van der Waals surface area contributed by atoms with E-state index in [0.717, 1.165) is 34.9 Å². The van der Waals surface area contributed by atoms with Gasteiger partial charge in [0.2, 0.25) is 5.91 Å². The van der Waals surface area contributed by atoms with Crippen LogP contribution in [0.1, 0.15) is 37.7 Å². The quantitative estimate of drug-likeness (QED) is 0.471. The summed E-state index contributed by atoms with van der Waals surface area (Å²) in [7, 11) is 0. The van der Waals surface area contributed by atoms with Crippen molar-refractivity contribution in [1.29, 1.82) is 0 Å². The second kappa shape index (κ2) is 7.55. The van der Waals surface area contributed by atoms with Crippen molar-refractivity contribution in [2.45, 2.75) is 57.7 Å². The van der Waals surface area contributed by atoms with Gasteiger partial charge in [0.05, 0.1) is 16.6 Å². The number of hydrogen-bond acceptors (Lipinski definition) is 3. The molecular weight excluding hydrogens is 448 g/mol. The van der Waals surface area contributed by atoms with Crippen LogP contribution in [0.2, 0.25) is 0 Å². The third-order valence-electron chi connectivity index (χ3n) is 9.59. The third-order valence-corrected chi connectivity index (χ3v) is 9.59. The fourth-order valence-corrected chi connectivity index (χ4v) is 8.36. The van der Waals surface area contributed by atoms with Gasteiger partial charge in [-0.3, -0.25) is 14.2 Å². The van der Waals surface area contributed by atoms with Crippen LogP contribution in [-0.2, 0) is 24.3 Å². The number of aryl methyl sites for hydroxylation is 1. The zero-order chi connectivity index (χ0) is 24.0. The van der Waals surface area contributed by atoms with Gasteiger partial charge in [-0.1, -0.05) is 30.3 Å². The summed E-state index contributed by atoms with van der Waals surface area (Å²) in [5.41, 5.74) is 3.85. The van der Waals surface area contributed by atoms with Crippen molar-refractivity contribution in [2.75, 3.05) is 0 Å². The Morgan fingerprint density at radius 1 is 0.917 bits per heavy atom. The number of hydrogen-bond donors (Lipinski definition) is 1. The number of fused-ring (bicyclic) bond motifs is 6. The van der Waals surface area contributed by atoms with Gasteiger partial charge in [-0.2, -0.15) is 0 Å². The number of carbonyl (C=O) groups excluding carboxylic acids is 1. The van der Waals surface area contributed by atoms with Gasteiger partial charge in [0, 0.05) is 23.5 Å². The predicted molar refractivity (Wildman–Crippen MR) is 140 cm³/mol. The van der Waals surface area contributed by atoms with Gasteiger partial charge in [0.25, 0.3) is 5.56 Å². The Bertz CT molecular complexity index is 1580. The summed E-state index contributed by atoms with van der Waals surface area (Å²) >= 11 is 0. The number of para-hydroxylation sites is 2. The van der Waals surface area contributed by atoms with Crippen molar-refractivity contribution >= 4 is 27.7 Å². The highest BCUT2D eigenvalue weighted by molar-refractivity contribution is 5.94. The fraction of sp³-hybridized carbons (Fsp3) is 0.433. The molecule has 3 heterocycles. The van der Waals surface area contributed by atoms with Crippen LogP contribution in [0, 0.1) is 23.7 Å². The van der Waals surface area contributed by atoms with Gasteiger partial charge >= 0.3 is 0 Å². The molecule has 2 aromatic heterocycles. The molecule has 36 heavy (non-hydrogen) atoms. The summed E-state index contributed by atoms with van der Waals surface area (Å²) in [4.78, 5) is 31.9. The number of nitrogens with zero attached hydrogens (tertiary/aromatic N) is 3. The predicted octanol–water partition coefficient (Wildman–Crippen LogP) is 4.52. The van der Waals surface area contributed by atoms with Gasteiger partial charge in [0.15, 0.2) is 5.82 Å². The van der Waals surface area contributed by atoms with Crippen molar-refractivity contribution < 1.29 is 4.79 Å². The van der Waals surface area contributed by atoms with E-state index in [-0.39, 0.29) is 18.0 Å². The molecule has 4 bridgehead atoms. The fourth-order valence-electron chi connectivity index (χ4n) is 8.36. The minimum absolute atomic E-state index is 0.00361. The molecule has 0 atom stereocenters. The molecule has 1 amide bonds. The summed E-state index contributed by atoms with van der Waals surface area (Å²) in [6, 6.07) is 16.2. The van der Waals surface area contributed by atoms with Gasteiger partial charge in [-0.25, -0.2) is 4.98 Å². The van der Waals surface area contributed by atoms with E-state index < -0.39 is 0 Å². The second-order valence-corrected chi connectivity index (χ2v) is 11.6. The van der Waals surface area contributed by atoms with Crippen LogP contribution >= 0.6 is 0 Å².